The summed E-state index contributed by atoms with van der Waals surface area (Å²) in [6.45, 7) is 28.0. The topological polar surface area (TPSA) is 0 Å². The van der Waals surface area contributed by atoms with Gasteiger partial charge in [-0.1, -0.05) is 117 Å². The van der Waals surface area contributed by atoms with Gasteiger partial charge >= 0.3 is 149 Å². The van der Waals surface area contributed by atoms with Crippen molar-refractivity contribution in [3.63, 3.8) is 0 Å². The van der Waals surface area contributed by atoms with Crippen molar-refractivity contribution in [2.45, 2.75) is 117 Å². The van der Waals surface area contributed by atoms with Crippen LogP contribution < -0.4 is 0 Å². The van der Waals surface area contributed by atoms with Crippen LogP contribution in [0.15, 0.2) is 109 Å². The average molecular weight is 919 g/mol. The van der Waals surface area contributed by atoms with Crippen molar-refractivity contribution >= 4 is 41.8 Å². The molecule has 0 aliphatic heterocycles. The molecule has 0 atom stereocenters. The molecule has 0 spiro atoms. The van der Waals surface area contributed by atoms with Crippen LogP contribution in [0.2, 0.25) is 0 Å². The fraction of sp³-hybridized carbons (Fsp3) is 0.367. The monoisotopic (exact) mass is 916 g/mol. The first-order valence-electron chi connectivity index (χ1n) is 19.2. The Bertz CT molecular complexity index is 2160. The number of hydrogen-bond donors (Lipinski definition) is 0. The number of alkyl halides is 6. The minimum atomic E-state index is -4.48. The van der Waals surface area contributed by atoms with Crippen molar-refractivity contribution in [1.82, 2.24) is 0 Å². The Morgan fingerprint density at radius 3 is 0.983 bits per heavy atom. The fourth-order valence-corrected chi connectivity index (χ4v) is 11.4. The molecule has 0 amide bonds. The Morgan fingerprint density at radius 2 is 0.759 bits per heavy atom. The number of fused-ring (bicyclic) bond motifs is 3. The van der Waals surface area contributed by atoms with Gasteiger partial charge in [0.15, 0.2) is 0 Å². The number of rotatable bonds is 2. The number of benzene rings is 4. The van der Waals surface area contributed by atoms with Gasteiger partial charge in [0, 0.05) is 0 Å². The third-order valence-electron chi connectivity index (χ3n) is 9.96. The van der Waals surface area contributed by atoms with Gasteiger partial charge in [-0.15, -0.1) is 39.7 Å². The maximum atomic E-state index is 12.6. The van der Waals surface area contributed by atoms with E-state index in [-0.39, 0.29) is 21.7 Å². The average Bonchev–Trinajstić information content (AvgIpc) is 3.77. The molecule has 0 radical (unpaired) electrons. The maximum Gasteiger partial charge on any atom is -0.172 e. The van der Waals surface area contributed by atoms with Gasteiger partial charge in [-0.3, -0.25) is 0 Å². The smallest absolute Gasteiger partial charge is 0.172 e. The van der Waals surface area contributed by atoms with E-state index in [1.165, 1.54) is 68.1 Å². The van der Waals surface area contributed by atoms with E-state index in [0.29, 0.717) is 14.3 Å². The molecular formula is C49H54Cl2F6Zr-2. The SMILES string of the molecule is CC(C)(C)c1cc2[cH-]c3cc(C(C)(C)C)c(C(C)(C)C)cc3c2cc1C(C)(C)C.FC(F)(F)c1ccc([C](c2ccc(C(F)(F)F)cc2)=[Zr]([Cl])[Cl])cc1.c1cc[cH-]c1. The Labute approximate surface area is 355 Å². The van der Waals surface area contributed by atoms with Crippen LogP contribution in [0.1, 0.15) is 128 Å². The molecule has 0 fully saturated rings. The van der Waals surface area contributed by atoms with Crippen molar-refractivity contribution in [1.29, 1.82) is 0 Å². The molecule has 0 saturated carbocycles. The van der Waals surface area contributed by atoms with Gasteiger partial charge in [0.1, 0.15) is 0 Å². The molecule has 0 bridgehead atoms. The van der Waals surface area contributed by atoms with Gasteiger partial charge in [0.2, 0.25) is 0 Å². The summed E-state index contributed by atoms with van der Waals surface area (Å²) in [5.41, 5.74) is 5.51. The van der Waals surface area contributed by atoms with Crippen LogP contribution in [0.3, 0.4) is 0 Å². The molecule has 6 aromatic rings. The second-order valence-electron chi connectivity index (χ2n) is 18.9. The van der Waals surface area contributed by atoms with Crippen LogP contribution in [-0.2, 0) is 52.9 Å². The molecule has 0 nitrogen and oxygen atoms in total. The summed E-state index contributed by atoms with van der Waals surface area (Å²) >= 11 is -3.15. The normalized spacial score (nSPS) is 12.8. The van der Waals surface area contributed by atoms with E-state index < -0.39 is 42.4 Å². The molecule has 0 heterocycles. The van der Waals surface area contributed by atoms with E-state index in [9.17, 15) is 26.3 Å². The molecule has 0 aliphatic carbocycles. The van der Waals surface area contributed by atoms with Crippen molar-refractivity contribution < 1.29 is 45.2 Å². The number of hydrogen-bond acceptors (Lipinski definition) is 0. The minimum absolute atomic E-state index is 0.124. The maximum absolute atomic E-state index is 12.6. The second-order valence-corrected chi connectivity index (χ2v) is 27.0. The Kier molecular flexibility index (Phi) is 14.4. The predicted octanol–water partition coefficient (Wildman–Crippen LogP) is 16.5. The third-order valence-corrected chi connectivity index (χ3v) is 14.5. The number of halogens is 8. The third kappa shape index (κ3) is 11.9. The van der Waals surface area contributed by atoms with Gasteiger partial charge in [0.25, 0.3) is 0 Å². The predicted molar refractivity (Wildman–Crippen MR) is 232 cm³/mol. The van der Waals surface area contributed by atoms with E-state index in [2.05, 4.69) is 113 Å². The summed E-state index contributed by atoms with van der Waals surface area (Å²) in [6, 6.07) is 30.8. The Balaban J connectivity index is 0.000000232. The summed E-state index contributed by atoms with van der Waals surface area (Å²) in [6.07, 6.45) is -8.95. The zero-order valence-electron chi connectivity index (χ0n) is 35.4. The molecule has 6 aromatic carbocycles. The van der Waals surface area contributed by atoms with E-state index in [0.717, 1.165) is 24.3 Å². The van der Waals surface area contributed by atoms with E-state index in [4.69, 9.17) is 17.0 Å². The van der Waals surface area contributed by atoms with Gasteiger partial charge in [0.05, 0.1) is 0 Å². The Morgan fingerprint density at radius 1 is 0.466 bits per heavy atom. The summed E-state index contributed by atoms with van der Waals surface area (Å²) < 4.78 is 76.1. The zero-order chi connectivity index (χ0) is 43.8. The largest absolute Gasteiger partial charge is 0.214 e. The van der Waals surface area contributed by atoms with E-state index >= 15 is 0 Å². The molecule has 6 rings (SSSR count). The summed E-state index contributed by atoms with van der Waals surface area (Å²) in [7, 11) is 12.1. The van der Waals surface area contributed by atoms with Crippen LogP contribution in [0.4, 0.5) is 26.3 Å². The van der Waals surface area contributed by atoms with Crippen molar-refractivity contribution in [2.75, 3.05) is 0 Å². The van der Waals surface area contributed by atoms with Crippen LogP contribution in [-0.4, -0.2) is 3.21 Å². The first-order valence-corrected chi connectivity index (χ1v) is 26.8. The fourth-order valence-electron chi connectivity index (χ4n) is 6.95. The van der Waals surface area contributed by atoms with Crippen LogP contribution in [0.25, 0.3) is 21.5 Å². The molecular weight excluding hydrogens is 865 g/mol. The van der Waals surface area contributed by atoms with Crippen LogP contribution in [0, 0.1) is 0 Å². The summed E-state index contributed by atoms with van der Waals surface area (Å²) in [5, 5.41) is 5.57. The van der Waals surface area contributed by atoms with Crippen LogP contribution >= 0.6 is 17.0 Å². The molecule has 0 aliphatic rings. The van der Waals surface area contributed by atoms with Crippen molar-refractivity contribution in [3.8, 4) is 0 Å². The first-order chi connectivity index (χ1) is 26.4. The first kappa shape index (κ1) is 47.7. The van der Waals surface area contributed by atoms with Gasteiger partial charge in [-0.2, -0.15) is 18.2 Å². The van der Waals surface area contributed by atoms with Gasteiger partial charge in [-0.05, 0) is 21.7 Å². The molecule has 0 aromatic heterocycles. The summed E-state index contributed by atoms with van der Waals surface area (Å²) in [5.74, 6) is 0. The van der Waals surface area contributed by atoms with Gasteiger partial charge in [-0.25, -0.2) is 12.1 Å². The molecule has 0 saturated heterocycles. The van der Waals surface area contributed by atoms with Crippen LogP contribution in [0.5, 0.6) is 0 Å². The quantitative estimate of drug-likeness (QED) is 0.120. The van der Waals surface area contributed by atoms with Crippen molar-refractivity contribution in [2.24, 2.45) is 0 Å². The molecule has 0 unspecified atom stereocenters. The van der Waals surface area contributed by atoms with Gasteiger partial charge < -0.3 is 0 Å². The second kappa shape index (κ2) is 17.5. The molecule has 9 heteroatoms. The summed E-state index contributed by atoms with van der Waals surface area (Å²) in [4.78, 5) is 0. The molecule has 58 heavy (non-hydrogen) atoms. The molecule has 312 valence electrons. The minimum Gasteiger partial charge on any atom is -0.214 e. The van der Waals surface area contributed by atoms with E-state index in [1.54, 1.807) is 0 Å². The van der Waals surface area contributed by atoms with E-state index in [1.807, 2.05) is 30.3 Å². The van der Waals surface area contributed by atoms with Crippen molar-refractivity contribution in [3.05, 3.63) is 154 Å². The zero-order valence-corrected chi connectivity index (χ0v) is 39.4. The standard InChI is InChI=1S/C29H41.C15H8F6.C5H5.2ClH.Zr/c1-26(2,3)22-14-18-13-19-15-23(27(4,5)6)25(29(10,11)12)17-21(19)20(18)16-24(22)28(7,8)9;16-14(17,18)12-5-1-10(2-6-12)9-11-3-7-13(8-4-11)15(19,20)21;1-2-4-5-3-1;;;/h13-17H,1-12H3;1-8H;1-5H;2*1H;/q-1;;-1;;;+2/p-2. The Hall–Kier alpha value is -2.99. The molecule has 0 N–H and O–H groups in total.